The van der Waals surface area contributed by atoms with E-state index in [2.05, 4.69) is 20.4 Å². The molecule has 0 aliphatic carbocycles. The summed E-state index contributed by atoms with van der Waals surface area (Å²) in [5.74, 6) is -1.63. The first-order valence-corrected chi connectivity index (χ1v) is 11.1. The zero-order chi connectivity index (χ0) is 24.7. The number of carbonyl (C=O) groups is 1. The highest BCUT2D eigenvalue weighted by molar-refractivity contribution is 6.31. The molecule has 11 heteroatoms. The van der Waals surface area contributed by atoms with E-state index in [1.54, 1.807) is 18.3 Å². The third kappa shape index (κ3) is 3.91. The fourth-order valence-electron chi connectivity index (χ4n) is 4.36. The minimum absolute atomic E-state index is 0.256. The van der Waals surface area contributed by atoms with E-state index < -0.39 is 34.7 Å². The largest absolute Gasteiger partial charge is 0.501 e. The predicted octanol–water partition coefficient (Wildman–Crippen LogP) is 3.60. The Morgan fingerprint density at radius 3 is 2.91 bits per heavy atom. The number of hydrogen-bond acceptors (Lipinski definition) is 8. The number of amides is 1. The van der Waals surface area contributed by atoms with Gasteiger partial charge in [0.2, 0.25) is 5.75 Å². The van der Waals surface area contributed by atoms with Crippen molar-refractivity contribution in [2.45, 2.75) is 25.4 Å². The summed E-state index contributed by atoms with van der Waals surface area (Å²) in [5, 5.41) is 17.0. The number of benzene rings is 1. The Morgan fingerprint density at radius 1 is 1.31 bits per heavy atom. The molecule has 4 aromatic rings. The molecule has 35 heavy (non-hydrogen) atoms. The first-order chi connectivity index (χ1) is 16.9. The predicted molar refractivity (Wildman–Crippen MR) is 126 cm³/mol. The molecule has 3 aromatic heterocycles. The van der Waals surface area contributed by atoms with Crippen molar-refractivity contribution in [3.63, 3.8) is 0 Å². The number of nitrogens with zero attached hydrogens (tertiary/aromatic N) is 4. The van der Waals surface area contributed by atoms with Gasteiger partial charge in [0.15, 0.2) is 5.69 Å². The van der Waals surface area contributed by atoms with Gasteiger partial charge in [-0.1, -0.05) is 35.8 Å². The lowest BCUT2D eigenvalue weighted by atomic mass is 9.82. The Labute approximate surface area is 204 Å². The van der Waals surface area contributed by atoms with E-state index in [1.807, 2.05) is 25.1 Å². The van der Waals surface area contributed by atoms with Crippen molar-refractivity contribution in [3.8, 4) is 11.5 Å². The van der Waals surface area contributed by atoms with Crippen molar-refractivity contribution in [1.82, 2.24) is 19.7 Å². The van der Waals surface area contributed by atoms with E-state index >= 15 is 0 Å². The van der Waals surface area contributed by atoms with Crippen LogP contribution in [0.3, 0.4) is 0 Å². The van der Waals surface area contributed by atoms with Gasteiger partial charge in [0.25, 0.3) is 11.5 Å². The van der Waals surface area contributed by atoms with Gasteiger partial charge in [0, 0.05) is 41.2 Å². The Balaban J connectivity index is 1.67. The van der Waals surface area contributed by atoms with E-state index in [4.69, 9.17) is 20.9 Å². The van der Waals surface area contributed by atoms with Crippen molar-refractivity contribution in [1.29, 1.82) is 0 Å². The maximum atomic E-state index is 12.9. The van der Waals surface area contributed by atoms with Crippen LogP contribution >= 0.6 is 11.6 Å². The maximum Gasteiger partial charge on any atom is 0.296 e. The van der Waals surface area contributed by atoms with E-state index in [0.717, 1.165) is 11.3 Å². The molecule has 0 radical (unpaired) electrons. The minimum Gasteiger partial charge on any atom is -0.501 e. The van der Waals surface area contributed by atoms with Crippen LogP contribution in [0.15, 0.2) is 58.3 Å². The Hall–Kier alpha value is -4.18. The minimum atomic E-state index is -0.780. The molecule has 1 aromatic carbocycles. The number of aromatic nitrogens is 4. The average Bonchev–Trinajstić information content (AvgIpc) is 3.29. The Kier molecular flexibility index (Phi) is 5.73. The fourth-order valence-corrected chi connectivity index (χ4v) is 4.64. The zero-order valence-corrected chi connectivity index (χ0v) is 19.5. The summed E-state index contributed by atoms with van der Waals surface area (Å²) >= 11 is 6.65. The highest BCUT2D eigenvalue weighted by Crippen LogP contribution is 2.47. The van der Waals surface area contributed by atoms with Crippen molar-refractivity contribution in [3.05, 3.63) is 92.7 Å². The lowest BCUT2D eigenvalue weighted by Gasteiger charge is -2.26. The molecule has 1 aliphatic heterocycles. The van der Waals surface area contributed by atoms with Crippen molar-refractivity contribution < 1.29 is 19.2 Å². The van der Waals surface area contributed by atoms with Crippen LogP contribution in [-0.4, -0.2) is 30.7 Å². The molecule has 1 amide bonds. The van der Waals surface area contributed by atoms with Crippen LogP contribution in [0.1, 0.15) is 51.9 Å². The number of aromatic hydroxyl groups is 1. The molecule has 4 heterocycles. The number of nitrogens with one attached hydrogen (secondary N) is 1. The molecular weight excluding hydrogens is 474 g/mol. The van der Waals surface area contributed by atoms with Crippen LogP contribution in [0.5, 0.6) is 11.5 Å². The monoisotopic (exact) mass is 493 g/mol. The molecule has 5 rings (SSSR count). The lowest BCUT2D eigenvalue weighted by molar-refractivity contribution is 0.101. The van der Waals surface area contributed by atoms with Gasteiger partial charge < -0.3 is 19.7 Å². The Bertz CT molecular complexity index is 1480. The third-order valence-corrected chi connectivity index (χ3v) is 6.37. The normalized spacial score (nSPS) is 15.3. The van der Waals surface area contributed by atoms with Crippen LogP contribution in [-0.2, 0) is 13.7 Å². The summed E-state index contributed by atoms with van der Waals surface area (Å²) in [4.78, 5) is 34.8. The second kappa shape index (κ2) is 8.88. The Morgan fingerprint density at radius 2 is 2.14 bits per heavy atom. The molecule has 0 fully saturated rings. The van der Waals surface area contributed by atoms with E-state index in [0.29, 0.717) is 22.9 Å². The van der Waals surface area contributed by atoms with Gasteiger partial charge >= 0.3 is 0 Å². The SMILES string of the molecule is CC(c1nc(C(=O)Nc2cnoc2)c(O)c(=O)n1C)C1c2ncccc2COc2cccc(Cl)c21. The summed E-state index contributed by atoms with van der Waals surface area (Å²) in [6, 6.07) is 9.13. The molecule has 0 spiro atoms. The summed E-state index contributed by atoms with van der Waals surface area (Å²) in [6.45, 7) is 2.16. The standard InChI is InChI=1S/C24H20ClN5O5/c1-12(17-18-15(25)6-3-7-16(18)34-10-13-5-4-8-26-19(13)17)22-29-20(21(31)24(33)30(22)2)23(32)28-14-9-27-35-11-14/h3-9,11-12,17,31H,10H2,1-2H3,(H,28,32). The number of pyridine rings is 1. The summed E-state index contributed by atoms with van der Waals surface area (Å²) in [7, 11) is 1.49. The first kappa shape index (κ1) is 22.6. The molecule has 2 unspecified atom stereocenters. The van der Waals surface area contributed by atoms with E-state index in [-0.39, 0.29) is 11.5 Å². The summed E-state index contributed by atoms with van der Waals surface area (Å²) in [6.07, 6.45) is 4.18. The van der Waals surface area contributed by atoms with Gasteiger partial charge in [0.1, 0.15) is 30.1 Å². The number of halogens is 1. The van der Waals surface area contributed by atoms with E-state index in [9.17, 15) is 14.7 Å². The van der Waals surface area contributed by atoms with Gasteiger partial charge in [-0.2, -0.15) is 0 Å². The molecular formula is C24H20ClN5O5. The second-order valence-corrected chi connectivity index (χ2v) is 8.56. The molecule has 0 saturated carbocycles. The van der Waals surface area contributed by atoms with E-state index in [1.165, 1.54) is 24.1 Å². The lowest BCUT2D eigenvalue weighted by Crippen LogP contribution is -2.29. The van der Waals surface area contributed by atoms with Gasteiger partial charge in [0.05, 0.1) is 11.9 Å². The summed E-state index contributed by atoms with van der Waals surface area (Å²) in [5.41, 5.74) is 1.38. The van der Waals surface area contributed by atoms with Crippen molar-refractivity contribution >= 4 is 23.2 Å². The third-order valence-electron chi connectivity index (χ3n) is 6.04. The first-order valence-electron chi connectivity index (χ1n) is 10.7. The molecule has 1 aliphatic rings. The fraction of sp³-hybridized carbons (Fsp3) is 0.208. The van der Waals surface area contributed by atoms with Crippen LogP contribution in [0, 0.1) is 0 Å². The van der Waals surface area contributed by atoms with Gasteiger partial charge in [-0.3, -0.25) is 19.1 Å². The average molecular weight is 494 g/mol. The molecule has 10 nitrogen and oxygen atoms in total. The van der Waals surface area contributed by atoms with Crippen LogP contribution < -0.4 is 15.6 Å². The molecule has 178 valence electrons. The van der Waals surface area contributed by atoms with Crippen LogP contribution in [0.25, 0.3) is 0 Å². The smallest absolute Gasteiger partial charge is 0.296 e. The maximum absolute atomic E-state index is 12.9. The topological polar surface area (TPSA) is 132 Å². The number of hydrogen-bond donors (Lipinski definition) is 2. The molecule has 2 atom stereocenters. The number of anilines is 1. The number of fused-ring (bicyclic) bond motifs is 2. The molecule has 0 bridgehead atoms. The number of carbonyl (C=O) groups excluding carboxylic acids is 1. The molecule has 0 saturated heterocycles. The number of ether oxygens (including phenoxy) is 1. The van der Waals surface area contributed by atoms with Crippen molar-refractivity contribution in [2.24, 2.45) is 7.05 Å². The summed E-state index contributed by atoms with van der Waals surface area (Å²) < 4.78 is 12.0. The van der Waals surface area contributed by atoms with Gasteiger partial charge in [-0.25, -0.2) is 4.98 Å². The van der Waals surface area contributed by atoms with Crippen molar-refractivity contribution in [2.75, 3.05) is 5.32 Å². The van der Waals surface area contributed by atoms with Crippen LogP contribution in [0.2, 0.25) is 5.02 Å². The molecule has 2 N–H and O–H groups in total. The highest BCUT2D eigenvalue weighted by atomic mass is 35.5. The van der Waals surface area contributed by atoms with Gasteiger partial charge in [-0.15, -0.1) is 0 Å². The quantitative estimate of drug-likeness (QED) is 0.440. The van der Waals surface area contributed by atoms with Crippen LogP contribution in [0.4, 0.5) is 5.69 Å². The number of rotatable bonds is 4. The zero-order valence-electron chi connectivity index (χ0n) is 18.7. The second-order valence-electron chi connectivity index (χ2n) is 8.15. The van der Waals surface area contributed by atoms with Gasteiger partial charge in [-0.05, 0) is 18.2 Å². The highest BCUT2D eigenvalue weighted by Gasteiger charge is 2.35.